The molecule has 0 saturated carbocycles. The van der Waals surface area contributed by atoms with Crippen LogP contribution in [0.1, 0.15) is 24.4 Å². The van der Waals surface area contributed by atoms with Gasteiger partial charge in [-0.15, -0.1) is 11.8 Å². The molecule has 10 nitrogen and oxygen atoms in total. The summed E-state index contributed by atoms with van der Waals surface area (Å²) in [6.07, 6.45) is 4.16. The van der Waals surface area contributed by atoms with Crippen molar-refractivity contribution in [1.82, 2.24) is 14.9 Å². The zero-order valence-corrected chi connectivity index (χ0v) is 21.2. The van der Waals surface area contributed by atoms with Gasteiger partial charge in [0.05, 0.1) is 10.8 Å². The second-order valence-corrected chi connectivity index (χ2v) is 9.65. The van der Waals surface area contributed by atoms with Crippen LogP contribution < -0.4 is 5.32 Å². The zero-order valence-electron chi connectivity index (χ0n) is 19.6. The van der Waals surface area contributed by atoms with Crippen LogP contribution in [0.4, 0.5) is 5.82 Å². The molecule has 0 aliphatic carbocycles. The third-order valence-corrected chi connectivity index (χ3v) is 7.04. The molecule has 188 valence electrons. The van der Waals surface area contributed by atoms with Crippen LogP contribution in [0.5, 0.6) is 0 Å². The van der Waals surface area contributed by atoms with Crippen molar-refractivity contribution in [3.63, 3.8) is 0 Å². The Morgan fingerprint density at radius 1 is 1.24 bits per heavy atom. The maximum absolute atomic E-state index is 13.2. The van der Waals surface area contributed by atoms with Crippen molar-refractivity contribution in [2.24, 2.45) is 5.11 Å². The highest BCUT2D eigenvalue weighted by Gasteiger charge is 2.34. The Bertz CT molecular complexity index is 1330. The topological polar surface area (TPSA) is 148 Å². The summed E-state index contributed by atoms with van der Waals surface area (Å²) in [5.41, 5.74) is 11.0. The minimum absolute atomic E-state index is 0.0452. The summed E-state index contributed by atoms with van der Waals surface area (Å²) in [7, 11) is 0. The normalized spacial score (nSPS) is 15.5. The molecule has 1 saturated heterocycles. The molecule has 2 heterocycles. The summed E-state index contributed by atoms with van der Waals surface area (Å²) in [4.78, 5) is 38.9. The Kier molecular flexibility index (Phi) is 8.73. The Hall–Kier alpha value is -3.92. The minimum Gasteiger partial charge on any atom is -0.330 e. The van der Waals surface area contributed by atoms with Crippen LogP contribution in [-0.2, 0) is 9.59 Å². The van der Waals surface area contributed by atoms with E-state index in [0.717, 1.165) is 17.3 Å². The summed E-state index contributed by atoms with van der Waals surface area (Å²) in [5, 5.41) is 15.6. The van der Waals surface area contributed by atoms with Gasteiger partial charge in [-0.1, -0.05) is 59.2 Å². The molecule has 37 heavy (non-hydrogen) atoms. The number of aromatic nitrogens is 2. The van der Waals surface area contributed by atoms with Gasteiger partial charge in [0.25, 0.3) is 0 Å². The summed E-state index contributed by atoms with van der Waals surface area (Å²) < 4.78 is 0. The highest BCUT2D eigenvalue weighted by Crippen LogP contribution is 2.29. The first kappa shape index (κ1) is 26.2. The van der Waals surface area contributed by atoms with Crippen LogP contribution in [0.3, 0.4) is 0 Å². The van der Waals surface area contributed by atoms with E-state index in [4.69, 9.17) is 22.5 Å². The van der Waals surface area contributed by atoms with Gasteiger partial charge in [-0.2, -0.15) is 0 Å². The lowest BCUT2D eigenvalue weighted by molar-refractivity contribution is -0.134. The number of nitrogens with one attached hydrogen (secondary N) is 2. The van der Waals surface area contributed by atoms with Gasteiger partial charge in [0.1, 0.15) is 24.2 Å². The van der Waals surface area contributed by atoms with E-state index in [-0.39, 0.29) is 22.6 Å². The highest BCUT2D eigenvalue weighted by molar-refractivity contribution is 8.14. The molecule has 0 bridgehead atoms. The van der Waals surface area contributed by atoms with Gasteiger partial charge in [0.15, 0.2) is 0 Å². The SMILES string of the molecule is [N-]=[N+]=NC(C(=N)SCC(=O)N1CCC[C@H]1C(=O)Nc1ncncc1-c1ccc(Cl)cc1)c1ccccc1. The van der Waals surface area contributed by atoms with Gasteiger partial charge < -0.3 is 10.2 Å². The number of carbonyl (C=O) groups is 2. The number of hydrogen-bond acceptors (Lipinski definition) is 7. The zero-order chi connectivity index (χ0) is 26.2. The van der Waals surface area contributed by atoms with Crippen LogP contribution in [0, 0.1) is 5.41 Å². The summed E-state index contributed by atoms with van der Waals surface area (Å²) in [5.74, 6) is -0.300. The first-order chi connectivity index (χ1) is 18.0. The van der Waals surface area contributed by atoms with Crippen LogP contribution in [0.2, 0.25) is 5.02 Å². The largest absolute Gasteiger partial charge is 0.330 e. The molecule has 3 aromatic rings. The maximum atomic E-state index is 13.2. The third-order valence-electron chi connectivity index (χ3n) is 5.87. The molecule has 0 radical (unpaired) electrons. The van der Waals surface area contributed by atoms with Crippen molar-refractivity contribution in [3.05, 3.63) is 88.2 Å². The maximum Gasteiger partial charge on any atom is 0.248 e. The van der Waals surface area contributed by atoms with Crippen molar-refractivity contribution >= 4 is 46.0 Å². The molecular weight excluding hydrogens is 512 g/mol. The number of hydrogen-bond donors (Lipinski definition) is 2. The number of likely N-dealkylation sites (tertiary alicyclic amines) is 1. The standard InChI is InChI=1S/C25H23ClN8O2S/c26-18-10-8-16(9-11-18)19-13-29-15-30-24(19)31-25(36)20-7-4-12-34(20)21(35)14-37-23(27)22(32-33-28)17-5-2-1-3-6-17/h1-3,5-6,8-11,13,15,20,22,27H,4,7,12,14H2,(H,29,30,31,36)/t20-,22?/m0/s1. The summed E-state index contributed by atoms with van der Waals surface area (Å²) in [6.45, 7) is 0.442. The molecule has 2 atom stereocenters. The van der Waals surface area contributed by atoms with Crippen LogP contribution in [0.15, 0.2) is 72.2 Å². The molecule has 1 unspecified atom stereocenters. The Labute approximate surface area is 222 Å². The number of benzene rings is 2. The summed E-state index contributed by atoms with van der Waals surface area (Å²) >= 11 is 6.99. The van der Waals surface area contributed by atoms with Crippen molar-refractivity contribution in [2.45, 2.75) is 24.9 Å². The Balaban J connectivity index is 1.41. The van der Waals surface area contributed by atoms with Crippen molar-refractivity contribution in [2.75, 3.05) is 17.6 Å². The van der Waals surface area contributed by atoms with Gasteiger partial charge in [-0.05, 0) is 41.6 Å². The minimum atomic E-state index is -0.814. The number of azide groups is 1. The molecule has 1 aromatic heterocycles. The molecule has 1 fully saturated rings. The molecule has 2 N–H and O–H groups in total. The molecule has 2 aromatic carbocycles. The van der Waals surface area contributed by atoms with E-state index in [1.54, 1.807) is 42.6 Å². The second kappa shape index (κ2) is 12.4. The van der Waals surface area contributed by atoms with Crippen LogP contribution in [0.25, 0.3) is 21.6 Å². The molecule has 2 amide bonds. The lowest BCUT2D eigenvalue weighted by Crippen LogP contribution is -2.44. The fourth-order valence-electron chi connectivity index (χ4n) is 4.07. The molecule has 1 aliphatic rings. The predicted molar refractivity (Wildman–Crippen MR) is 144 cm³/mol. The number of thioether (sulfide) groups is 1. The highest BCUT2D eigenvalue weighted by atomic mass is 35.5. The predicted octanol–water partition coefficient (Wildman–Crippen LogP) is 5.49. The van der Waals surface area contributed by atoms with E-state index in [9.17, 15) is 9.59 Å². The van der Waals surface area contributed by atoms with Gasteiger partial charge in [-0.25, -0.2) is 9.97 Å². The fourth-order valence-corrected chi connectivity index (χ4v) is 4.98. The number of carbonyl (C=O) groups excluding carboxylic acids is 2. The monoisotopic (exact) mass is 534 g/mol. The first-order valence-electron chi connectivity index (χ1n) is 11.4. The average Bonchev–Trinajstić information content (AvgIpc) is 3.42. The number of anilines is 1. The van der Waals surface area contributed by atoms with E-state index in [0.29, 0.717) is 41.4 Å². The smallest absolute Gasteiger partial charge is 0.248 e. The number of nitrogens with zero attached hydrogens (tertiary/aromatic N) is 6. The van der Waals surface area contributed by atoms with E-state index in [1.807, 2.05) is 18.2 Å². The Morgan fingerprint density at radius 2 is 2.00 bits per heavy atom. The van der Waals surface area contributed by atoms with E-state index >= 15 is 0 Å². The van der Waals surface area contributed by atoms with Gasteiger partial charge in [0, 0.05) is 28.2 Å². The van der Waals surface area contributed by atoms with E-state index in [2.05, 4.69) is 25.3 Å². The fraction of sp³-hybridized carbons (Fsp3) is 0.240. The van der Waals surface area contributed by atoms with E-state index in [1.165, 1.54) is 11.2 Å². The van der Waals surface area contributed by atoms with Gasteiger partial charge in [0.2, 0.25) is 11.8 Å². The lowest BCUT2D eigenvalue weighted by Gasteiger charge is -2.24. The van der Waals surface area contributed by atoms with Gasteiger partial charge >= 0.3 is 0 Å². The number of amides is 2. The Morgan fingerprint density at radius 3 is 2.73 bits per heavy atom. The van der Waals surface area contributed by atoms with Crippen molar-refractivity contribution < 1.29 is 9.59 Å². The lowest BCUT2D eigenvalue weighted by atomic mass is 10.1. The molecule has 0 spiro atoms. The molecule has 4 rings (SSSR count). The van der Waals surface area contributed by atoms with Crippen molar-refractivity contribution in [1.29, 1.82) is 5.41 Å². The second-order valence-electron chi connectivity index (χ2n) is 8.20. The van der Waals surface area contributed by atoms with Crippen LogP contribution >= 0.6 is 23.4 Å². The molecular formula is C25H23ClN8O2S. The first-order valence-corrected chi connectivity index (χ1v) is 12.8. The third kappa shape index (κ3) is 6.45. The summed E-state index contributed by atoms with van der Waals surface area (Å²) in [6, 6.07) is 14.6. The van der Waals surface area contributed by atoms with Crippen molar-refractivity contribution in [3.8, 4) is 11.1 Å². The van der Waals surface area contributed by atoms with E-state index < -0.39 is 12.1 Å². The quantitative estimate of drug-likeness (QED) is 0.129. The average molecular weight is 535 g/mol. The number of halogens is 1. The van der Waals surface area contributed by atoms with Gasteiger partial charge in [-0.3, -0.25) is 15.0 Å². The molecule has 12 heteroatoms. The van der Waals surface area contributed by atoms with Crippen LogP contribution in [-0.4, -0.2) is 50.1 Å². The number of rotatable bonds is 8. The molecule has 1 aliphatic heterocycles.